The Kier molecular flexibility index (Phi) is 9.35. The Morgan fingerprint density at radius 2 is 2.00 bits per heavy atom. The van der Waals surface area contributed by atoms with Crippen LogP contribution in [0.2, 0.25) is 0 Å². The topological polar surface area (TPSA) is 67.6 Å². The molecule has 114 valence electrons. The van der Waals surface area contributed by atoms with E-state index in [2.05, 4.69) is 10.2 Å². The Morgan fingerprint density at radius 1 is 1.42 bits per heavy atom. The molecular formula is C13H28ClN3O2. The maximum atomic E-state index is 11.8. The summed E-state index contributed by atoms with van der Waals surface area (Å²) in [5, 5.41) is 3.05. The lowest BCUT2D eigenvalue weighted by atomic mass is 10.0. The lowest BCUT2D eigenvalue weighted by Crippen LogP contribution is -2.51. The normalized spacial score (nSPS) is 19.0. The lowest BCUT2D eigenvalue weighted by molar-refractivity contribution is -0.124. The average molecular weight is 294 g/mol. The molecule has 0 aromatic heterocycles. The Labute approximate surface area is 122 Å². The van der Waals surface area contributed by atoms with Gasteiger partial charge in [-0.05, 0) is 18.8 Å². The SMILES string of the molecule is COCCN1CCC(NC(=O)[C@@H](N)C(C)C)CC1.Cl. The summed E-state index contributed by atoms with van der Waals surface area (Å²) < 4.78 is 5.07. The third kappa shape index (κ3) is 6.56. The molecule has 0 spiro atoms. The van der Waals surface area contributed by atoms with Crippen molar-refractivity contribution >= 4 is 18.3 Å². The number of carbonyl (C=O) groups is 1. The fourth-order valence-electron chi connectivity index (χ4n) is 2.12. The molecule has 1 atom stereocenters. The number of halogens is 1. The summed E-state index contributed by atoms with van der Waals surface area (Å²) in [6.45, 7) is 7.73. The first-order valence-electron chi connectivity index (χ1n) is 6.81. The number of nitrogens with zero attached hydrogens (tertiary/aromatic N) is 1. The van der Waals surface area contributed by atoms with Crippen molar-refractivity contribution in [2.24, 2.45) is 11.7 Å². The fraction of sp³-hybridized carbons (Fsp3) is 0.923. The number of piperidine rings is 1. The third-order valence-corrected chi connectivity index (χ3v) is 3.57. The van der Waals surface area contributed by atoms with Crippen LogP contribution in [0.4, 0.5) is 0 Å². The molecule has 1 fully saturated rings. The molecule has 0 aliphatic carbocycles. The van der Waals surface area contributed by atoms with Gasteiger partial charge in [0.1, 0.15) is 0 Å². The van der Waals surface area contributed by atoms with E-state index in [0.717, 1.165) is 39.1 Å². The van der Waals surface area contributed by atoms with Crippen molar-refractivity contribution in [3.63, 3.8) is 0 Å². The molecule has 6 heteroatoms. The number of carbonyl (C=O) groups excluding carboxylic acids is 1. The number of nitrogens with one attached hydrogen (secondary N) is 1. The highest BCUT2D eigenvalue weighted by atomic mass is 35.5. The largest absolute Gasteiger partial charge is 0.383 e. The molecular weight excluding hydrogens is 266 g/mol. The van der Waals surface area contributed by atoms with Gasteiger partial charge in [0.2, 0.25) is 5.91 Å². The number of nitrogens with two attached hydrogens (primary N) is 1. The van der Waals surface area contributed by atoms with E-state index in [9.17, 15) is 4.79 Å². The van der Waals surface area contributed by atoms with Crippen LogP contribution in [0.15, 0.2) is 0 Å². The minimum absolute atomic E-state index is 0. The number of hydrogen-bond donors (Lipinski definition) is 2. The smallest absolute Gasteiger partial charge is 0.237 e. The number of likely N-dealkylation sites (tertiary alicyclic amines) is 1. The van der Waals surface area contributed by atoms with Gasteiger partial charge in [-0.15, -0.1) is 12.4 Å². The van der Waals surface area contributed by atoms with E-state index in [1.54, 1.807) is 7.11 Å². The standard InChI is InChI=1S/C13H27N3O2.ClH/c1-10(2)12(14)13(17)15-11-4-6-16(7-5-11)8-9-18-3;/h10-12H,4-9,14H2,1-3H3,(H,15,17);1H/t12-;/m0./s1. The van der Waals surface area contributed by atoms with Crippen LogP contribution in [-0.2, 0) is 9.53 Å². The summed E-state index contributed by atoms with van der Waals surface area (Å²) in [5.41, 5.74) is 5.83. The van der Waals surface area contributed by atoms with Gasteiger partial charge in [-0.3, -0.25) is 4.79 Å². The van der Waals surface area contributed by atoms with Crippen LogP contribution in [0.3, 0.4) is 0 Å². The molecule has 1 amide bonds. The molecule has 1 aliphatic heterocycles. The fourth-order valence-corrected chi connectivity index (χ4v) is 2.12. The summed E-state index contributed by atoms with van der Waals surface area (Å²) >= 11 is 0. The van der Waals surface area contributed by atoms with E-state index >= 15 is 0 Å². The minimum Gasteiger partial charge on any atom is -0.383 e. The van der Waals surface area contributed by atoms with E-state index in [1.807, 2.05) is 13.8 Å². The maximum Gasteiger partial charge on any atom is 0.237 e. The van der Waals surface area contributed by atoms with Crippen molar-refractivity contribution in [2.45, 2.75) is 38.8 Å². The van der Waals surface area contributed by atoms with Gasteiger partial charge in [-0.1, -0.05) is 13.8 Å². The molecule has 0 bridgehead atoms. The molecule has 0 saturated carbocycles. The average Bonchev–Trinajstić information content (AvgIpc) is 2.36. The predicted molar refractivity (Wildman–Crippen MR) is 79.5 cm³/mol. The van der Waals surface area contributed by atoms with Crippen molar-refractivity contribution in [3.8, 4) is 0 Å². The second kappa shape index (κ2) is 9.53. The maximum absolute atomic E-state index is 11.8. The first-order chi connectivity index (χ1) is 8.54. The highest BCUT2D eigenvalue weighted by Gasteiger charge is 2.23. The molecule has 0 aromatic carbocycles. The van der Waals surface area contributed by atoms with E-state index in [4.69, 9.17) is 10.5 Å². The van der Waals surface area contributed by atoms with E-state index < -0.39 is 6.04 Å². The summed E-state index contributed by atoms with van der Waals surface area (Å²) in [4.78, 5) is 14.2. The van der Waals surface area contributed by atoms with Gasteiger partial charge in [0.05, 0.1) is 12.6 Å². The Hall–Kier alpha value is -0.360. The van der Waals surface area contributed by atoms with Gasteiger partial charge in [-0.2, -0.15) is 0 Å². The zero-order chi connectivity index (χ0) is 13.5. The van der Waals surface area contributed by atoms with Crippen molar-refractivity contribution in [2.75, 3.05) is 33.4 Å². The van der Waals surface area contributed by atoms with Crippen molar-refractivity contribution in [1.82, 2.24) is 10.2 Å². The van der Waals surface area contributed by atoms with Crippen LogP contribution >= 0.6 is 12.4 Å². The highest BCUT2D eigenvalue weighted by molar-refractivity contribution is 5.85. The van der Waals surface area contributed by atoms with Crippen LogP contribution in [-0.4, -0.2) is 56.2 Å². The lowest BCUT2D eigenvalue weighted by Gasteiger charge is -2.32. The molecule has 0 unspecified atom stereocenters. The predicted octanol–water partition coefficient (Wildman–Crippen LogP) is 0.619. The molecule has 0 radical (unpaired) electrons. The van der Waals surface area contributed by atoms with E-state index in [0.29, 0.717) is 0 Å². The molecule has 1 heterocycles. The third-order valence-electron chi connectivity index (χ3n) is 3.57. The zero-order valence-electron chi connectivity index (χ0n) is 12.2. The quantitative estimate of drug-likeness (QED) is 0.753. The monoisotopic (exact) mass is 293 g/mol. The van der Waals surface area contributed by atoms with E-state index in [-0.39, 0.29) is 30.3 Å². The Bertz CT molecular complexity index is 256. The summed E-state index contributed by atoms with van der Waals surface area (Å²) in [6.07, 6.45) is 2.00. The van der Waals surface area contributed by atoms with Gasteiger partial charge >= 0.3 is 0 Å². The van der Waals surface area contributed by atoms with Gasteiger partial charge in [-0.25, -0.2) is 0 Å². The number of amides is 1. The first-order valence-corrected chi connectivity index (χ1v) is 6.81. The van der Waals surface area contributed by atoms with Crippen LogP contribution in [0, 0.1) is 5.92 Å². The summed E-state index contributed by atoms with van der Waals surface area (Å²) in [7, 11) is 1.72. The number of methoxy groups -OCH3 is 1. The summed E-state index contributed by atoms with van der Waals surface area (Å²) in [5.74, 6) is 0.173. The van der Waals surface area contributed by atoms with Gasteiger partial charge in [0, 0.05) is 32.8 Å². The Morgan fingerprint density at radius 3 is 2.47 bits per heavy atom. The molecule has 19 heavy (non-hydrogen) atoms. The van der Waals surface area contributed by atoms with Gasteiger partial charge < -0.3 is 20.7 Å². The van der Waals surface area contributed by atoms with Crippen molar-refractivity contribution < 1.29 is 9.53 Å². The second-order valence-corrected chi connectivity index (χ2v) is 5.39. The number of ether oxygens (including phenoxy) is 1. The number of rotatable bonds is 6. The van der Waals surface area contributed by atoms with Crippen molar-refractivity contribution in [1.29, 1.82) is 0 Å². The molecule has 0 aromatic rings. The minimum atomic E-state index is -0.392. The molecule has 1 saturated heterocycles. The van der Waals surface area contributed by atoms with Crippen LogP contribution in [0.5, 0.6) is 0 Å². The van der Waals surface area contributed by atoms with Crippen LogP contribution in [0.25, 0.3) is 0 Å². The molecule has 1 aliphatic rings. The van der Waals surface area contributed by atoms with Crippen LogP contribution < -0.4 is 11.1 Å². The second-order valence-electron chi connectivity index (χ2n) is 5.39. The van der Waals surface area contributed by atoms with Gasteiger partial charge in [0.15, 0.2) is 0 Å². The summed E-state index contributed by atoms with van der Waals surface area (Å²) in [6, 6.07) is -0.113. The van der Waals surface area contributed by atoms with Crippen LogP contribution in [0.1, 0.15) is 26.7 Å². The Balaban J connectivity index is 0.00000324. The van der Waals surface area contributed by atoms with Gasteiger partial charge in [0.25, 0.3) is 0 Å². The highest BCUT2D eigenvalue weighted by Crippen LogP contribution is 2.10. The van der Waals surface area contributed by atoms with E-state index in [1.165, 1.54) is 0 Å². The number of hydrogen-bond acceptors (Lipinski definition) is 4. The molecule has 5 nitrogen and oxygen atoms in total. The molecule has 3 N–H and O–H groups in total. The zero-order valence-corrected chi connectivity index (χ0v) is 13.0. The molecule has 1 rings (SSSR count). The first kappa shape index (κ1) is 18.6. The van der Waals surface area contributed by atoms with Crippen molar-refractivity contribution in [3.05, 3.63) is 0 Å².